The lowest BCUT2D eigenvalue weighted by molar-refractivity contribution is 0.102. The van der Waals surface area contributed by atoms with Gasteiger partial charge in [-0.25, -0.2) is 4.98 Å². The van der Waals surface area contributed by atoms with Crippen molar-refractivity contribution in [2.24, 2.45) is 0 Å². The molecule has 0 aliphatic carbocycles. The number of nitrogens with zero attached hydrogens (tertiary/aromatic N) is 1. The number of anilines is 1. The minimum absolute atomic E-state index is 0.176. The molecule has 1 aromatic heterocycles. The number of nitrogens with one attached hydrogen (secondary N) is 2. The first-order valence-electron chi connectivity index (χ1n) is 4.77. The molecule has 82 valence electrons. The van der Waals surface area contributed by atoms with Gasteiger partial charge >= 0.3 is 0 Å². The molecule has 5 heteroatoms. The van der Waals surface area contributed by atoms with Crippen molar-refractivity contribution in [2.45, 2.75) is 6.92 Å². The molecule has 0 saturated carbocycles. The van der Waals surface area contributed by atoms with Crippen LogP contribution in [0.3, 0.4) is 0 Å². The summed E-state index contributed by atoms with van der Waals surface area (Å²) in [7, 11) is 0. The molecule has 1 heterocycles. The predicted molar refractivity (Wildman–Crippen MR) is 59.4 cm³/mol. The number of hydrogen-bond donors (Lipinski definition) is 3. The van der Waals surface area contributed by atoms with E-state index in [0.29, 0.717) is 17.1 Å². The van der Waals surface area contributed by atoms with Crippen molar-refractivity contribution >= 4 is 11.9 Å². The van der Waals surface area contributed by atoms with Gasteiger partial charge in [0.25, 0.3) is 5.91 Å². The molecule has 0 fully saturated rings. The van der Waals surface area contributed by atoms with E-state index in [0.717, 1.165) is 0 Å². The van der Waals surface area contributed by atoms with E-state index < -0.39 is 0 Å². The number of hydrogen-bond acceptors (Lipinski definition) is 3. The molecule has 0 saturated heterocycles. The number of phenols is 1. The smallest absolute Gasteiger partial charge is 0.257 e. The summed E-state index contributed by atoms with van der Waals surface area (Å²) < 4.78 is 0. The maximum Gasteiger partial charge on any atom is 0.257 e. The Morgan fingerprint density at radius 2 is 2.31 bits per heavy atom. The molecule has 2 rings (SSSR count). The molecule has 1 aromatic carbocycles. The Kier molecular flexibility index (Phi) is 2.59. The molecule has 3 N–H and O–H groups in total. The van der Waals surface area contributed by atoms with Crippen LogP contribution in [0.1, 0.15) is 15.9 Å². The van der Waals surface area contributed by atoms with Gasteiger partial charge in [0.2, 0.25) is 5.95 Å². The lowest BCUT2D eigenvalue weighted by Gasteiger charge is -2.04. The molecule has 0 bridgehead atoms. The first-order valence-corrected chi connectivity index (χ1v) is 4.77. The number of H-pyrrole nitrogens is 1. The Balaban J connectivity index is 2.18. The van der Waals surface area contributed by atoms with Crippen molar-refractivity contribution in [3.63, 3.8) is 0 Å². The van der Waals surface area contributed by atoms with Gasteiger partial charge in [-0.2, -0.15) is 0 Å². The van der Waals surface area contributed by atoms with Crippen LogP contribution in [-0.2, 0) is 0 Å². The molecule has 5 nitrogen and oxygen atoms in total. The fourth-order valence-corrected chi connectivity index (χ4v) is 1.31. The average molecular weight is 217 g/mol. The normalized spacial score (nSPS) is 10.1. The minimum atomic E-state index is -0.266. The van der Waals surface area contributed by atoms with Crippen LogP contribution in [0.15, 0.2) is 30.6 Å². The van der Waals surface area contributed by atoms with Gasteiger partial charge in [0.1, 0.15) is 5.75 Å². The van der Waals surface area contributed by atoms with Crippen molar-refractivity contribution in [2.75, 3.05) is 5.32 Å². The molecule has 2 aromatic rings. The van der Waals surface area contributed by atoms with Crippen molar-refractivity contribution < 1.29 is 9.90 Å². The number of imidazole rings is 1. The number of carbonyl (C=O) groups is 1. The van der Waals surface area contributed by atoms with Gasteiger partial charge in [-0.1, -0.05) is 0 Å². The van der Waals surface area contributed by atoms with Crippen LogP contribution in [0, 0.1) is 6.92 Å². The second-order valence-corrected chi connectivity index (χ2v) is 3.39. The average Bonchev–Trinajstić information content (AvgIpc) is 2.74. The highest BCUT2D eigenvalue weighted by atomic mass is 16.3. The van der Waals surface area contributed by atoms with E-state index in [1.54, 1.807) is 31.5 Å². The van der Waals surface area contributed by atoms with E-state index in [9.17, 15) is 9.90 Å². The molecule has 0 spiro atoms. The molecule has 0 aliphatic heterocycles. The minimum Gasteiger partial charge on any atom is -0.508 e. The van der Waals surface area contributed by atoms with Gasteiger partial charge in [-0.3, -0.25) is 10.1 Å². The van der Waals surface area contributed by atoms with Crippen LogP contribution in [0.2, 0.25) is 0 Å². The summed E-state index contributed by atoms with van der Waals surface area (Å²) in [4.78, 5) is 18.4. The Hall–Kier alpha value is -2.30. The van der Waals surface area contributed by atoms with E-state index >= 15 is 0 Å². The van der Waals surface area contributed by atoms with Crippen LogP contribution in [0.4, 0.5) is 5.95 Å². The Morgan fingerprint density at radius 1 is 1.50 bits per heavy atom. The molecular formula is C11H11N3O2. The van der Waals surface area contributed by atoms with Gasteiger partial charge in [-0.15, -0.1) is 0 Å². The highest BCUT2D eigenvalue weighted by molar-refractivity contribution is 6.03. The lowest BCUT2D eigenvalue weighted by Crippen LogP contribution is -2.12. The first kappa shape index (κ1) is 10.2. The third-order valence-corrected chi connectivity index (χ3v) is 2.19. The highest BCUT2D eigenvalue weighted by Crippen LogP contribution is 2.17. The summed E-state index contributed by atoms with van der Waals surface area (Å²) in [5.74, 6) is 0.309. The summed E-state index contributed by atoms with van der Waals surface area (Å²) in [5, 5.41) is 11.9. The molecule has 0 atom stereocenters. The largest absolute Gasteiger partial charge is 0.508 e. The van der Waals surface area contributed by atoms with E-state index in [1.165, 1.54) is 6.07 Å². The van der Waals surface area contributed by atoms with Crippen LogP contribution >= 0.6 is 0 Å². The van der Waals surface area contributed by atoms with Crippen molar-refractivity contribution in [3.8, 4) is 5.75 Å². The van der Waals surface area contributed by atoms with Gasteiger partial charge in [0.05, 0.1) is 0 Å². The van der Waals surface area contributed by atoms with E-state index in [4.69, 9.17) is 0 Å². The van der Waals surface area contributed by atoms with E-state index in [1.807, 2.05) is 0 Å². The number of aromatic hydroxyl groups is 1. The second kappa shape index (κ2) is 4.06. The summed E-state index contributed by atoms with van der Waals surface area (Å²) in [6.45, 7) is 1.74. The lowest BCUT2D eigenvalue weighted by atomic mass is 10.1. The van der Waals surface area contributed by atoms with Gasteiger partial charge < -0.3 is 10.1 Å². The Bertz CT molecular complexity index is 506. The van der Waals surface area contributed by atoms with E-state index in [-0.39, 0.29) is 11.7 Å². The molecular weight excluding hydrogens is 206 g/mol. The van der Waals surface area contributed by atoms with Crippen LogP contribution < -0.4 is 5.32 Å². The van der Waals surface area contributed by atoms with Crippen molar-refractivity contribution in [3.05, 3.63) is 41.7 Å². The number of rotatable bonds is 2. The zero-order valence-electron chi connectivity index (χ0n) is 8.69. The first-order chi connectivity index (χ1) is 7.66. The van der Waals surface area contributed by atoms with Gasteiger partial charge in [-0.05, 0) is 30.7 Å². The van der Waals surface area contributed by atoms with Crippen LogP contribution in [-0.4, -0.2) is 21.0 Å². The van der Waals surface area contributed by atoms with Crippen LogP contribution in [0.25, 0.3) is 0 Å². The number of aromatic nitrogens is 2. The standard InChI is InChI=1S/C11H11N3O2/c1-7-6-8(2-3-9(7)15)10(16)14-11-12-4-5-13-11/h2-6,15H,1H3,(H2,12,13,14,16). The monoisotopic (exact) mass is 217 g/mol. The zero-order chi connectivity index (χ0) is 11.5. The number of aryl methyl sites for hydroxylation is 1. The number of carbonyl (C=O) groups excluding carboxylic acids is 1. The van der Waals surface area contributed by atoms with E-state index in [2.05, 4.69) is 15.3 Å². The van der Waals surface area contributed by atoms with Crippen molar-refractivity contribution in [1.29, 1.82) is 0 Å². The Labute approximate surface area is 92.2 Å². The fourth-order valence-electron chi connectivity index (χ4n) is 1.31. The number of aromatic amines is 1. The summed E-state index contributed by atoms with van der Waals surface area (Å²) >= 11 is 0. The van der Waals surface area contributed by atoms with Gasteiger partial charge in [0, 0.05) is 18.0 Å². The molecule has 1 amide bonds. The molecule has 0 radical (unpaired) electrons. The summed E-state index contributed by atoms with van der Waals surface area (Å²) in [6.07, 6.45) is 3.18. The molecule has 16 heavy (non-hydrogen) atoms. The van der Waals surface area contributed by atoms with Crippen LogP contribution in [0.5, 0.6) is 5.75 Å². The quantitative estimate of drug-likeness (QED) is 0.716. The predicted octanol–water partition coefficient (Wildman–Crippen LogP) is 1.68. The fraction of sp³-hybridized carbons (Fsp3) is 0.0909. The Morgan fingerprint density at radius 3 is 2.94 bits per heavy atom. The maximum absolute atomic E-state index is 11.7. The van der Waals surface area contributed by atoms with Gasteiger partial charge in [0.15, 0.2) is 0 Å². The molecule has 0 unspecified atom stereocenters. The summed E-state index contributed by atoms with van der Waals surface area (Å²) in [6, 6.07) is 4.67. The number of benzene rings is 1. The third kappa shape index (κ3) is 2.03. The maximum atomic E-state index is 11.7. The van der Waals surface area contributed by atoms with Crippen molar-refractivity contribution in [1.82, 2.24) is 9.97 Å². The highest BCUT2D eigenvalue weighted by Gasteiger charge is 2.08. The SMILES string of the molecule is Cc1cc(C(=O)Nc2ncc[nH]2)ccc1O. The molecule has 0 aliphatic rings. The zero-order valence-corrected chi connectivity index (χ0v) is 8.69. The summed E-state index contributed by atoms with van der Waals surface area (Å²) in [5.41, 5.74) is 1.14. The third-order valence-electron chi connectivity index (χ3n) is 2.19. The topological polar surface area (TPSA) is 78.0 Å². The number of phenolic OH excluding ortho intramolecular Hbond substituents is 1. The second-order valence-electron chi connectivity index (χ2n) is 3.39. The number of amides is 1.